The predicted octanol–water partition coefficient (Wildman–Crippen LogP) is 6.09. The van der Waals surface area contributed by atoms with Crippen molar-refractivity contribution in [1.29, 1.82) is 0 Å². The standard InChI is InChI=1S/C32H34N6O3/c1-4-5-6-10-24-20-38(29-25(21(2)3)13-9-14-28(29)31(39)40)32(41)37(24)19-22-15-17-23(18-16-22)26-11-7-8-12-27(26)30-33-35-36-34-30/h7-9,11-18,20-21H,4-6,10,19H2,1-3H3,(H,39,40)(H,33,34,35,36). The van der Waals surface area contributed by atoms with Crippen molar-refractivity contribution >= 4 is 5.97 Å². The maximum Gasteiger partial charge on any atom is 0.337 e. The van der Waals surface area contributed by atoms with Crippen molar-refractivity contribution in [2.24, 2.45) is 0 Å². The van der Waals surface area contributed by atoms with Crippen molar-refractivity contribution in [1.82, 2.24) is 29.8 Å². The molecule has 0 fully saturated rings. The van der Waals surface area contributed by atoms with Gasteiger partial charge in [-0.25, -0.2) is 9.59 Å². The van der Waals surface area contributed by atoms with Gasteiger partial charge in [-0.2, -0.15) is 5.21 Å². The summed E-state index contributed by atoms with van der Waals surface area (Å²) in [4.78, 5) is 26.1. The number of aromatic nitrogens is 6. The molecule has 3 aromatic carbocycles. The smallest absolute Gasteiger partial charge is 0.337 e. The number of carboxylic acid groups (broad SMARTS) is 1. The lowest BCUT2D eigenvalue weighted by Crippen LogP contribution is -2.26. The molecule has 2 N–H and O–H groups in total. The summed E-state index contributed by atoms with van der Waals surface area (Å²) in [5.41, 5.74) is 5.88. The molecule has 0 bridgehead atoms. The van der Waals surface area contributed by atoms with Crippen molar-refractivity contribution in [2.75, 3.05) is 0 Å². The highest BCUT2D eigenvalue weighted by Gasteiger charge is 2.22. The maximum absolute atomic E-state index is 14.0. The Labute approximate surface area is 238 Å². The predicted molar refractivity (Wildman–Crippen MR) is 158 cm³/mol. The lowest BCUT2D eigenvalue weighted by molar-refractivity contribution is 0.0696. The van der Waals surface area contributed by atoms with Crippen LogP contribution >= 0.6 is 0 Å². The van der Waals surface area contributed by atoms with Crippen LogP contribution in [0.15, 0.2) is 77.7 Å². The summed E-state index contributed by atoms with van der Waals surface area (Å²) in [6, 6.07) is 21.2. The molecular formula is C32H34N6O3. The van der Waals surface area contributed by atoms with Crippen LogP contribution in [-0.2, 0) is 13.0 Å². The van der Waals surface area contributed by atoms with Gasteiger partial charge in [-0.05, 0) is 52.3 Å². The normalized spacial score (nSPS) is 11.3. The van der Waals surface area contributed by atoms with Gasteiger partial charge in [-0.15, -0.1) is 10.2 Å². The van der Waals surface area contributed by atoms with E-state index in [1.54, 1.807) is 16.7 Å². The molecule has 0 saturated heterocycles. The number of unbranched alkanes of at least 4 members (excludes halogenated alkanes) is 2. The quantitative estimate of drug-likeness (QED) is 0.192. The Bertz CT molecular complexity index is 1700. The second kappa shape index (κ2) is 12.2. The molecule has 210 valence electrons. The Hall–Kier alpha value is -4.79. The second-order valence-corrected chi connectivity index (χ2v) is 10.5. The summed E-state index contributed by atoms with van der Waals surface area (Å²) >= 11 is 0. The number of nitrogens with zero attached hydrogens (tertiary/aromatic N) is 5. The van der Waals surface area contributed by atoms with Gasteiger partial charge in [0.25, 0.3) is 0 Å². The van der Waals surface area contributed by atoms with Gasteiger partial charge in [0.05, 0.1) is 17.8 Å². The fraction of sp³-hybridized carbons (Fsp3) is 0.281. The van der Waals surface area contributed by atoms with Crippen molar-refractivity contribution in [3.63, 3.8) is 0 Å². The Morgan fingerprint density at radius 2 is 1.73 bits per heavy atom. The molecule has 5 aromatic rings. The zero-order valence-electron chi connectivity index (χ0n) is 23.5. The molecule has 0 aliphatic rings. The number of nitrogens with one attached hydrogen (secondary N) is 1. The number of benzene rings is 3. The number of imidazole rings is 1. The molecule has 0 radical (unpaired) electrons. The number of carbonyl (C=O) groups is 1. The Morgan fingerprint density at radius 3 is 2.39 bits per heavy atom. The summed E-state index contributed by atoms with van der Waals surface area (Å²) in [5, 5.41) is 24.4. The third-order valence-electron chi connectivity index (χ3n) is 7.38. The van der Waals surface area contributed by atoms with Crippen LogP contribution in [0, 0.1) is 0 Å². The summed E-state index contributed by atoms with van der Waals surface area (Å²) < 4.78 is 3.32. The van der Waals surface area contributed by atoms with E-state index in [-0.39, 0.29) is 17.2 Å². The summed E-state index contributed by atoms with van der Waals surface area (Å²) in [5.74, 6) is -0.478. The Morgan fingerprint density at radius 1 is 0.976 bits per heavy atom. The van der Waals surface area contributed by atoms with Gasteiger partial charge in [0, 0.05) is 17.5 Å². The van der Waals surface area contributed by atoms with Crippen LogP contribution in [0.25, 0.3) is 28.2 Å². The minimum atomic E-state index is -1.05. The van der Waals surface area contributed by atoms with Gasteiger partial charge < -0.3 is 5.11 Å². The Balaban J connectivity index is 1.54. The number of hydrogen-bond acceptors (Lipinski definition) is 5. The van der Waals surface area contributed by atoms with E-state index in [2.05, 4.69) is 27.5 Å². The fourth-order valence-corrected chi connectivity index (χ4v) is 5.26. The molecule has 2 aromatic heterocycles. The molecule has 0 unspecified atom stereocenters. The van der Waals surface area contributed by atoms with Crippen LogP contribution in [0.4, 0.5) is 0 Å². The number of rotatable bonds is 11. The van der Waals surface area contributed by atoms with Crippen molar-refractivity contribution in [3.05, 3.63) is 106 Å². The molecule has 0 spiro atoms. The monoisotopic (exact) mass is 550 g/mol. The number of H-pyrrole nitrogens is 1. The summed E-state index contributed by atoms with van der Waals surface area (Å²) in [7, 11) is 0. The van der Waals surface area contributed by atoms with Gasteiger partial charge in [-0.3, -0.25) is 9.13 Å². The zero-order valence-corrected chi connectivity index (χ0v) is 23.5. The molecule has 2 heterocycles. The average molecular weight is 551 g/mol. The number of aromatic amines is 1. The van der Waals surface area contributed by atoms with Gasteiger partial charge >= 0.3 is 11.7 Å². The molecule has 9 heteroatoms. The molecule has 9 nitrogen and oxygen atoms in total. The van der Waals surface area contributed by atoms with Crippen molar-refractivity contribution in [3.8, 4) is 28.2 Å². The first-order valence-corrected chi connectivity index (χ1v) is 14.0. The third-order valence-corrected chi connectivity index (χ3v) is 7.38. The van der Waals surface area contributed by atoms with Crippen molar-refractivity contribution in [2.45, 2.75) is 58.9 Å². The second-order valence-electron chi connectivity index (χ2n) is 10.5. The van der Waals surface area contributed by atoms with E-state index in [0.717, 1.165) is 59.2 Å². The molecular weight excluding hydrogens is 516 g/mol. The van der Waals surface area contributed by atoms with Gasteiger partial charge in [0.2, 0.25) is 5.82 Å². The molecule has 0 aliphatic carbocycles. The van der Waals surface area contributed by atoms with E-state index in [0.29, 0.717) is 18.1 Å². The molecule has 0 atom stereocenters. The van der Waals surface area contributed by atoms with Gasteiger partial charge in [0.15, 0.2) is 0 Å². The highest BCUT2D eigenvalue weighted by molar-refractivity contribution is 5.92. The first-order valence-electron chi connectivity index (χ1n) is 14.0. The van der Waals surface area contributed by atoms with E-state index in [9.17, 15) is 14.7 Å². The first kappa shape index (κ1) is 27.8. The van der Waals surface area contributed by atoms with Gasteiger partial charge in [-0.1, -0.05) is 94.3 Å². The first-order chi connectivity index (χ1) is 19.9. The number of aryl methyl sites for hydroxylation is 1. The van der Waals surface area contributed by atoms with Crippen LogP contribution < -0.4 is 5.69 Å². The highest BCUT2D eigenvalue weighted by atomic mass is 16.4. The number of hydrogen-bond donors (Lipinski definition) is 2. The Kier molecular flexibility index (Phi) is 8.24. The summed E-state index contributed by atoms with van der Waals surface area (Å²) in [6.07, 6.45) is 5.64. The largest absolute Gasteiger partial charge is 0.478 e. The van der Waals surface area contributed by atoms with E-state index >= 15 is 0 Å². The maximum atomic E-state index is 14.0. The van der Waals surface area contributed by atoms with Crippen molar-refractivity contribution < 1.29 is 9.90 Å². The average Bonchev–Trinajstić information content (AvgIpc) is 3.62. The van der Waals surface area contributed by atoms with Crippen LogP contribution in [0.1, 0.15) is 73.1 Å². The van der Waals surface area contributed by atoms with Crippen LogP contribution in [0.5, 0.6) is 0 Å². The van der Waals surface area contributed by atoms with E-state index < -0.39 is 5.97 Å². The molecule has 5 rings (SSSR count). The summed E-state index contributed by atoms with van der Waals surface area (Å²) in [6.45, 7) is 6.54. The van der Waals surface area contributed by atoms with Gasteiger partial charge in [0.1, 0.15) is 0 Å². The molecule has 0 amide bonds. The SMILES string of the molecule is CCCCCc1cn(-c2c(C(=O)O)cccc2C(C)C)c(=O)n1Cc1ccc(-c2ccccc2-c2nn[nH]n2)cc1. The molecule has 0 saturated carbocycles. The number of aromatic carboxylic acids is 1. The minimum Gasteiger partial charge on any atom is -0.478 e. The third kappa shape index (κ3) is 5.75. The van der Waals surface area contributed by atoms with Crippen LogP contribution in [-0.4, -0.2) is 40.8 Å². The number of para-hydroxylation sites is 1. The minimum absolute atomic E-state index is 0.0472. The van der Waals surface area contributed by atoms with E-state index in [1.807, 2.05) is 74.6 Å². The lowest BCUT2D eigenvalue weighted by Gasteiger charge is -2.15. The zero-order chi connectivity index (χ0) is 28.9. The van der Waals surface area contributed by atoms with Crippen LogP contribution in [0.3, 0.4) is 0 Å². The van der Waals surface area contributed by atoms with Crippen LogP contribution in [0.2, 0.25) is 0 Å². The fourth-order valence-electron chi connectivity index (χ4n) is 5.26. The molecule has 0 aliphatic heterocycles. The number of tetrazole rings is 1. The number of carboxylic acids is 1. The van der Waals surface area contributed by atoms with E-state index in [4.69, 9.17) is 0 Å². The topological polar surface area (TPSA) is 119 Å². The molecule has 41 heavy (non-hydrogen) atoms. The lowest BCUT2D eigenvalue weighted by atomic mass is 9.97. The highest BCUT2D eigenvalue weighted by Crippen LogP contribution is 2.30. The van der Waals surface area contributed by atoms with E-state index in [1.165, 1.54) is 4.57 Å².